The normalized spacial score (nSPS) is 13.5. The summed E-state index contributed by atoms with van der Waals surface area (Å²) in [6.45, 7) is 5.04. The summed E-state index contributed by atoms with van der Waals surface area (Å²) in [4.78, 5) is 1.47. The zero-order valence-electron chi connectivity index (χ0n) is 8.74. The van der Waals surface area contributed by atoms with Crippen LogP contribution >= 0.6 is 15.9 Å². The third-order valence-electron chi connectivity index (χ3n) is 2.04. The monoisotopic (exact) mass is 261 g/mol. The Hall–Kier alpha value is -0.490. The average molecular weight is 262 g/mol. The van der Waals surface area contributed by atoms with Gasteiger partial charge < -0.3 is 5.32 Å². The summed E-state index contributed by atoms with van der Waals surface area (Å²) in [5, 5.41) is 16.1. The molecule has 0 aromatic carbocycles. The number of aromatic nitrogens is 4. The number of halogens is 1. The molecule has 0 saturated heterocycles. The number of aryl methyl sites for hydroxylation is 1. The van der Waals surface area contributed by atoms with Gasteiger partial charge in [0.05, 0.1) is 13.6 Å². The lowest BCUT2D eigenvalue weighted by molar-refractivity contribution is 0.428. The lowest BCUT2D eigenvalue weighted by atomic mass is 10.1. The first-order valence-electron chi connectivity index (χ1n) is 4.65. The summed E-state index contributed by atoms with van der Waals surface area (Å²) in [7, 11) is 1.76. The first kappa shape index (κ1) is 11.6. The van der Waals surface area contributed by atoms with Crippen LogP contribution in [-0.4, -0.2) is 31.6 Å². The molecule has 1 heterocycles. The van der Waals surface area contributed by atoms with Crippen LogP contribution in [0.25, 0.3) is 0 Å². The second-order valence-electron chi connectivity index (χ2n) is 3.58. The molecule has 6 heteroatoms. The van der Waals surface area contributed by atoms with Crippen LogP contribution in [0.1, 0.15) is 19.7 Å². The van der Waals surface area contributed by atoms with E-state index in [9.17, 15) is 0 Å². The molecule has 0 aliphatic carbocycles. The molecule has 0 aliphatic rings. The van der Waals surface area contributed by atoms with Gasteiger partial charge in [-0.1, -0.05) is 29.8 Å². The number of alkyl halides is 1. The second-order valence-corrected chi connectivity index (χ2v) is 4.23. The highest BCUT2D eigenvalue weighted by atomic mass is 79.9. The minimum Gasteiger partial charge on any atom is -0.306 e. The van der Waals surface area contributed by atoms with E-state index in [4.69, 9.17) is 0 Å². The fraction of sp³-hybridized carbons (Fsp3) is 0.875. The van der Waals surface area contributed by atoms with Crippen molar-refractivity contribution in [1.29, 1.82) is 0 Å². The highest BCUT2D eigenvalue weighted by Gasteiger charge is 2.11. The van der Waals surface area contributed by atoms with Crippen molar-refractivity contribution in [2.45, 2.75) is 26.4 Å². The zero-order chi connectivity index (χ0) is 10.6. The Morgan fingerprint density at radius 1 is 1.50 bits per heavy atom. The van der Waals surface area contributed by atoms with E-state index in [0.29, 0.717) is 18.5 Å². The molecule has 0 spiro atoms. The Labute approximate surface area is 92.4 Å². The average Bonchev–Trinajstić information content (AvgIpc) is 2.52. The van der Waals surface area contributed by atoms with E-state index in [-0.39, 0.29) is 0 Å². The van der Waals surface area contributed by atoms with Gasteiger partial charge in [-0.15, -0.1) is 10.2 Å². The lowest BCUT2D eigenvalue weighted by Crippen LogP contribution is -2.35. The van der Waals surface area contributed by atoms with Crippen molar-refractivity contribution in [1.82, 2.24) is 25.5 Å². The van der Waals surface area contributed by atoms with Gasteiger partial charge in [-0.2, -0.15) is 4.80 Å². The van der Waals surface area contributed by atoms with Crippen LogP contribution in [0.3, 0.4) is 0 Å². The quantitative estimate of drug-likeness (QED) is 0.794. The summed E-state index contributed by atoms with van der Waals surface area (Å²) >= 11 is 3.47. The molecule has 1 unspecified atom stereocenters. The molecule has 0 bridgehead atoms. The fourth-order valence-corrected chi connectivity index (χ4v) is 2.06. The number of rotatable bonds is 5. The van der Waals surface area contributed by atoms with Gasteiger partial charge in [0.15, 0.2) is 5.82 Å². The number of nitrogens with one attached hydrogen (secondary N) is 1. The van der Waals surface area contributed by atoms with E-state index in [1.54, 1.807) is 7.05 Å². The molecule has 0 radical (unpaired) electrons. The topological polar surface area (TPSA) is 55.6 Å². The minimum atomic E-state index is 0.443. The van der Waals surface area contributed by atoms with Gasteiger partial charge in [0.25, 0.3) is 0 Å². The highest BCUT2D eigenvalue weighted by Crippen LogP contribution is 2.05. The maximum atomic E-state index is 4.09. The van der Waals surface area contributed by atoms with Crippen LogP contribution in [0.5, 0.6) is 0 Å². The van der Waals surface area contributed by atoms with Crippen LogP contribution < -0.4 is 5.32 Å². The van der Waals surface area contributed by atoms with E-state index in [2.05, 4.69) is 50.5 Å². The maximum absolute atomic E-state index is 4.09. The van der Waals surface area contributed by atoms with Gasteiger partial charge in [-0.25, -0.2) is 0 Å². The molecule has 14 heavy (non-hydrogen) atoms. The smallest absolute Gasteiger partial charge is 0.188 e. The summed E-state index contributed by atoms with van der Waals surface area (Å²) in [5.74, 6) is 1.32. The van der Waals surface area contributed by atoms with Gasteiger partial charge in [-0.3, -0.25) is 0 Å². The molecule has 0 aliphatic heterocycles. The summed E-state index contributed by atoms with van der Waals surface area (Å²) in [6.07, 6.45) is 0. The van der Waals surface area contributed by atoms with Gasteiger partial charge in [0.2, 0.25) is 0 Å². The first-order chi connectivity index (χ1) is 6.63. The van der Waals surface area contributed by atoms with E-state index < -0.39 is 0 Å². The molecule has 0 saturated carbocycles. The molecule has 1 rings (SSSR count). The maximum Gasteiger partial charge on any atom is 0.188 e. The standard InChI is InChI=1S/C8H16BrN5/c1-6(2)7(4-9)10-5-8-11-13-14(3)12-8/h6-7,10H,4-5H2,1-3H3. The molecule has 5 nitrogen and oxygen atoms in total. The SMILES string of the molecule is CC(C)C(CBr)NCc1nnn(C)n1. The van der Waals surface area contributed by atoms with E-state index in [1.165, 1.54) is 4.80 Å². The van der Waals surface area contributed by atoms with Crippen LogP contribution in [0.15, 0.2) is 0 Å². The third-order valence-corrected chi connectivity index (χ3v) is 2.74. The molecule has 1 N–H and O–H groups in total. The summed E-state index contributed by atoms with van der Waals surface area (Å²) in [5.41, 5.74) is 0. The molecule has 0 fully saturated rings. The lowest BCUT2D eigenvalue weighted by Gasteiger charge is -2.18. The van der Waals surface area contributed by atoms with Crippen molar-refractivity contribution >= 4 is 15.9 Å². The van der Waals surface area contributed by atoms with E-state index in [0.717, 1.165) is 11.2 Å². The molecule has 1 aromatic rings. The van der Waals surface area contributed by atoms with Crippen LogP contribution in [0.4, 0.5) is 0 Å². The predicted octanol–water partition coefficient (Wildman–Crippen LogP) is 0.719. The van der Waals surface area contributed by atoms with Crippen LogP contribution in [0.2, 0.25) is 0 Å². The zero-order valence-corrected chi connectivity index (χ0v) is 10.3. The Morgan fingerprint density at radius 2 is 2.21 bits per heavy atom. The number of hydrogen-bond acceptors (Lipinski definition) is 4. The van der Waals surface area contributed by atoms with Crippen molar-refractivity contribution in [3.05, 3.63) is 5.82 Å². The summed E-state index contributed by atoms with van der Waals surface area (Å²) < 4.78 is 0. The van der Waals surface area contributed by atoms with Gasteiger partial charge in [0, 0.05) is 11.4 Å². The van der Waals surface area contributed by atoms with E-state index >= 15 is 0 Å². The van der Waals surface area contributed by atoms with Crippen LogP contribution in [0, 0.1) is 5.92 Å². The Bertz CT molecular complexity index is 272. The first-order valence-corrected chi connectivity index (χ1v) is 5.78. The van der Waals surface area contributed by atoms with Crippen molar-refractivity contribution in [2.24, 2.45) is 13.0 Å². The Morgan fingerprint density at radius 3 is 2.64 bits per heavy atom. The van der Waals surface area contributed by atoms with Crippen molar-refractivity contribution in [2.75, 3.05) is 5.33 Å². The largest absolute Gasteiger partial charge is 0.306 e. The molecule has 80 valence electrons. The Kier molecular flexibility index (Phi) is 4.47. The van der Waals surface area contributed by atoms with Gasteiger partial charge >= 0.3 is 0 Å². The van der Waals surface area contributed by atoms with Gasteiger partial charge in [-0.05, 0) is 11.1 Å². The molecular formula is C8H16BrN5. The number of hydrogen-bond donors (Lipinski definition) is 1. The third kappa shape index (κ3) is 3.34. The number of tetrazole rings is 1. The van der Waals surface area contributed by atoms with E-state index in [1.807, 2.05) is 0 Å². The van der Waals surface area contributed by atoms with Crippen molar-refractivity contribution in [3.63, 3.8) is 0 Å². The predicted molar refractivity (Wildman–Crippen MR) is 58.1 cm³/mol. The number of nitrogens with zero attached hydrogens (tertiary/aromatic N) is 4. The minimum absolute atomic E-state index is 0.443. The van der Waals surface area contributed by atoms with Crippen LogP contribution in [-0.2, 0) is 13.6 Å². The molecule has 0 amide bonds. The van der Waals surface area contributed by atoms with Gasteiger partial charge in [0.1, 0.15) is 0 Å². The molecule has 1 aromatic heterocycles. The molecule has 1 atom stereocenters. The summed E-state index contributed by atoms with van der Waals surface area (Å²) in [6, 6.07) is 0.443. The molecular weight excluding hydrogens is 246 g/mol. The van der Waals surface area contributed by atoms with Crippen molar-refractivity contribution in [3.8, 4) is 0 Å². The fourth-order valence-electron chi connectivity index (χ4n) is 1.08. The Balaban J connectivity index is 2.39. The highest BCUT2D eigenvalue weighted by molar-refractivity contribution is 9.09. The second kappa shape index (κ2) is 5.41. The van der Waals surface area contributed by atoms with Crippen molar-refractivity contribution < 1.29 is 0 Å².